The average Bonchev–Trinajstić information content (AvgIpc) is 2.79. The monoisotopic (exact) mass is 425 g/mol. The largest absolute Gasteiger partial charge is 0.356 e. The summed E-state index contributed by atoms with van der Waals surface area (Å²) in [6.45, 7) is 9.17. The quantitative estimate of drug-likeness (QED) is 0.454. The third-order valence-corrected chi connectivity index (χ3v) is 4.43. The average molecular weight is 425 g/mol. The van der Waals surface area contributed by atoms with Crippen LogP contribution in [0.25, 0.3) is 0 Å². The number of aliphatic imine (C=N–C) groups is 1. The second-order valence-electron chi connectivity index (χ2n) is 5.49. The lowest BCUT2D eigenvalue weighted by Gasteiger charge is -2.39. The van der Waals surface area contributed by atoms with E-state index in [2.05, 4.69) is 39.2 Å². The molecule has 1 N–H and O–H groups in total. The molecule has 120 valence electrons. The van der Waals surface area contributed by atoms with Crippen LogP contribution in [0.5, 0.6) is 0 Å². The molecule has 0 aliphatic carbocycles. The number of rotatable bonds is 3. The Morgan fingerprint density at radius 2 is 2.29 bits per heavy atom. The highest BCUT2D eigenvalue weighted by atomic mass is 127. The first-order valence-corrected chi connectivity index (χ1v) is 7.87. The van der Waals surface area contributed by atoms with E-state index in [1.165, 1.54) is 0 Å². The van der Waals surface area contributed by atoms with Crippen LogP contribution in [0, 0.1) is 6.92 Å². The Morgan fingerprint density at radius 1 is 1.52 bits per heavy atom. The minimum atomic E-state index is 0. The van der Waals surface area contributed by atoms with Gasteiger partial charge in [0.15, 0.2) is 11.8 Å². The van der Waals surface area contributed by atoms with Crippen molar-refractivity contribution in [1.82, 2.24) is 20.4 Å². The number of aryl methyl sites for hydroxylation is 1. The van der Waals surface area contributed by atoms with Gasteiger partial charge >= 0.3 is 0 Å². The van der Waals surface area contributed by atoms with Crippen molar-refractivity contribution in [3.63, 3.8) is 0 Å². The Kier molecular flexibility index (Phi) is 7.25. The number of aromatic nitrogens is 2. The molecule has 6 nitrogen and oxygen atoms in total. The van der Waals surface area contributed by atoms with Crippen molar-refractivity contribution in [1.29, 1.82) is 0 Å². The van der Waals surface area contributed by atoms with Gasteiger partial charge in [0.25, 0.3) is 0 Å². The van der Waals surface area contributed by atoms with Crippen molar-refractivity contribution in [2.45, 2.75) is 31.9 Å². The molecule has 8 heteroatoms. The van der Waals surface area contributed by atoms with Crippen LogP contribution in [-0.4, -0.2) is 58.2 Å². The molecule has 1 aliphatic heterocycles. The van der Waals surface area contributed by atoms with Crippen LogP contribution in [0.3, 0.4) is 0 Å². The van der Waals surface area contributed by atoms with Crippen LogP contribution in [0.15, 0.2) is 9.52 Å². The third-order valence-electron chi connectivity index (χ3n) is 3.13. The number of nitrogens with one attached hydrogen (secondary N) is 1. The predicted octanol–water partition coefficient (Wildman–Crippen LogP) is 1.94. The summed E-state index contributed by atoms with van der Waals surface area (Å²) in [6.07, 6.45) is 0.714. The molecule has 1 aliphatic rings. The third kappa shape index (κ3) is 5.65. The summed E-state index contributed by atoms with van der Waals surface area (Å²) in [4.78, 5) is 10.9. The normalized spacial score (nSPS) is 18.3. The van der Waals surface area contributed by atoms with E-state index in [1.807, 2.05) is 25.7 Å². The molecule has 21 heavy (non-hydrogen) atoms. The van der Waals surface area contributed by atoms with Gasteiger partial charge in [0.1, 0.15) is 0 Å². The van der Waals surface area contributed by atoms with E-state index in [4.69, 9.17) is 4.52 Å². The molecule has 0 amide bonds. The number of nitrogens with zero attached hydrogens (tertiary/aromatic N) is 4. The highest BCUT2D eigenvalue weighted by Crippen LogP contribution is 2.29. The maximum Gasteiger partial charge on any atom is 0.228 e. The minimum Gasteiger partial charge on any atom is -0.356 e. The van der Waals surface area contributed by atoms with E-state index in [-0.39, 0.29) is 28.7 Å². The maximum absolute atomic E-state index is 5.10. The van der Waals surface area contributed by atoms with Crippen molar-refractivity contribution in [2.75, 3.05) is 32.4 Å². The van der Waals surface area contributed by atoms with Crippen LogP contribution in [-0.2, 0) is 6.42 Å². The van der Waals surface area contributed by atoms with Gasteiger partial charge in [-0.1, -0.05) is 5.16 Å². The zero-order chi connectivity index (χ0) is 14.6. The fourth-order valence-corrected chi connectivity index (χ4v) is 3.36. The van der Waals surface area contributed by atoms with E-state index < -0.39 is 0 Å². The molecule has 1 fully saturated rings. The molecule has 0 aromatic carbocycles. The molecule has 0 unspecified atom stereocenters. The molecule has 0 bridgehead atoms. The van der Waals surface area contributed by atoms with Crippen molar-refractivity contribution in [3.05, 3.63) is 11.7 Å². The van der Waals surface area contributed by atoms with Crippen LogP contribution in [0.2, 0.25) is 0 Å². The summed E-state index contributed by atoms with van der Waals surface area (Å²) in [5.74, 6) is 3.44. The number of hydrogen-bond donors (Lipinski definition) is 1. The van der Waals surface area contributed by atoms with Gasteiger partial charge in [0, 0.05) is 43.6 Å². The summed E-state index contributed by atoms with van der Waals surface area (Å²) in [5.41, 5.74) is 0. The minimum absolute atomic E-state index is 0. The number of guanidine groups is 1. The Labute approximate surface area is 147 Å². The molecular formula is C13H24IN5OS. The molecule has 0 radical (unpaired) electrons. The van der Waals surface area contributed by atoms with Gasteiger partial charge in [-0.25, -0.2) is 0 Å². The lowest BCUT2D eigenvalue weighted by molar-refractivity contribution is 0.365. The van der Waals surface area contributed by atoms with Gasteiger partial charge in [-0.15, -0.1) is 24.0 Å². The smallest absolute Gasteiger partial charge is 0.228 e. The van der Waals surface area contributed by atoms with Crippen LogP contribution in [0.4, 0.5) is 0 Å². The molecule has 0 spiro atoms. The van der Waals surface area contributed by atoms with Gasteiger partial charge < -0.3 is 14.7 Å². The molecule has 1 aromatic rings. The second kappa shape index (κ2) is 8.21. The van der Waals surface area contributed by atoms with E-state index in [9.17, 15) is 0 Å². The van der Waals surface area contributed by atoms with Gasteiger partial charge in [-0.3, -0.25) is 4.99 Å². The molecule has 2 heterocycles. The van der Waals surface area contributed by atoms with Gasteiger partial charge in [0.05, 0.1) is 0 Å². The summed E-state index contributed by atoms with van der Waals surface area (Å²) < 4.78 is 5.38. The summed E-state index contributed by atoms with van der Waals surface area (Å²) in [7, 11) is 1.83. The number of hydrogen-bond acceptors (Lipinski definition) is 5. The van der Waals surface area contributed by atoms with Crippen molar-refractivity contribution < 1.29 is 4.52 Å². The summed E-state index contributed by atoms with van der Waals surface area (Å²) in [6, 6.07) is 0. The van der Waals surface area contributed by atoms with Crippen LogP contribution >= 0.6 is 35.7 Å². The highest BCUT2D eigenvalue weighted by Gasteiger charge is 2.28. The Balaban J connectivity index is 0.00000220. The molecule has 0 saturated carbocycles. The fourth-order valence-electron chi connectivity index (χ4n) is 2.25. The lowest BCUT2D eigenvalue weighted by Crippen LogP contribution is -2.51. The lowest BCUT2D eigenvalue weighted by atomic mass is 10.2. The molecule has 0 atom stereocenters. The van der Waals surface area contributed by atoms with E-state index in [0.717, 1.165) is 31.3 Å². The summed E-state index contributed by atoms with van der Waals surface area (Å²) >= 11 is 2.02. The first kappa shape index (κ1) is 18.5. The molecule has 1 aromatic heterocycles. The van der Waals surface area contributed by atoms with E-state index in [0.29, 0.717) is 18.1 Å². The van der Waals surface area contributed by atoms with Gasteiger partial charge in [0.2, 0.25) is 5.89 Å². The highest BCUT2D eigenvalue weighted by molar-refractivity contribution is 14.0. The Hall–Kier alpha value is -0.510. The SMILES string of the molecule is CN=C(NCCc1nc(C)no1)N1CCSC(C)(C)C1.I. The fraction of sp³-hybridized carbons (Fsp3) is 0.769. The standard InChI is InChI=1S/C13H23N5OS.HI/c1-10-16-11(19-17-10)5-6-15-12(14-4)18-7-8-20-13(2,3)9-18;/h5-9H2,1-4H3,(H,14,15);1H. The number of halogens is 1. The first-order valence-electron chi connectivity index (χ1n) is 6.89. The maximum atomic E-state index is 5.10. The predicted molar refractivity (Wildman–Crippen MR) is 97.6 cm³/mol. The Morgan fingerprint density at radius 3 is 2.86 bits per heavy atom. The molecule has 2 rings (SSSR count). The summed E-state index contributed by atoms with van der Waals surface area (Å²) in [5, 5.41) is 7.16. The van der Waals surface area contributed by atoms with Crippen LogP contribution in [0.1, 0.15) is 25.6 Å². The topological polar surface area (TPSA) is 66.5 Å². The van der Waals surface area contributed by atoms with E-state index in [1.54, 1.807) is 0 Å². The zero-order valence-electron chi connectivity index (χ0n) is 13.0. The van der Waals surface area contributed by atoms with Crippen molar-refractivity contribution in [2.24, 2.45) is 4.99 Å². The molecule has 1 saturated heterocycles. The Bertz CT molecular complexity index is 477. The second-order valence-corrected chi connectivity index (χ2v) is 7.29. The van der Waals surface area contributed by atoms with Crippen molar-refractivity contribution in [3.8, 4) is 0 Å². The van der Waals surface area contributed by atoms with Crippen molar-refractivity contribution >= 4 is 41.7 Å². The van der Waals surface area contributed by atoms with Gasteiger partial charge in [-0.2, -0.15) is 16.7 Å². The number of thioether (sulfide) groups is 1. The van der Waals surface area contributed by atoms with E-state index >= 15 is 0 Å². The zero-order valence-corrected chi connectivity index (χ0v) is 16.2. The first-order chi connectivity index (χ1) is 9.50. The van der Waals surface area contributed by atoms with Crippen LogP contribution < -0.4 is 5.32 Å². The molecular weight excluding hydrogens is 401 g/mol. The van der Waals surface area contributed by atoms with Gasteiger partial charge in [-0.05, 0) is 20.8 Å².